The summed E-state index contributed by atoms with van der Waals surface area (Å²) in [5.41, 5.74) is 0.676. The standard InChI is InChI=1S/C17H12F2N4O3S/c18-10-2-3-11(12(19)6-10)15(24)21-17-23-22-16(27-17)20-7-9-1-4-13-14(5-9)26-8-25-13/h1-6H,7-8H2,(H,20,22)(H,21,23,24). The van der Waals surface area contributed by atoms with E-state index in [1.54, 1.807) is 0 Å². The number of hydrogen-bond donors (Lipinski definition) is 2. The van der Waals surface area contributed by atoms with Crippen molar-refractivity contribution in [3.8, 4) is 11.5 Å². The first-order valence-electron chi connectivity index (χ1n) is 7.81. The number of carbonyl (C=O) groups excluding carboxylic acids is 1. The van der Waals surface area contributed by atoms with E-state index in [1.165, 1.54) is 0 Å². The molecule has 0 unspecified atom stereocenters. The summed E-state index contributed by atoms with van der Waals surface area (Å²) in [5, 5.41) is 13.9. The molecule has 1 aliphatic rings. The van der Waals surface area contributed by atoms with Gasteiger partial charge in [-0.1, -0.05) is 17.4 Å². The molecule has 7 nitrogen and oxygen atoms in total. The summed E-state index contributed by atoms with van der Waals surface area (Å²) >= 11 is 1.09. The summed E-state index contributed by atoms with van der Waals surface area (Å²) in [4.78, 5) is 12.1. The number of rotatable bonds is 5. The number of fused-ring (bicyclic) bond motifs is 1. The van der Waals surface area contributed by atoms with Gasteiger partial charge in [0.25, 0.3) is 5.91 Å². The van der Waals surface area contributed by atoms with E-state index in [0.717, 1.165) is 29.0 Å². The highest BCUT2D eigenvalue weighted by molar-refractivity contribution is 7.19. The van der Waals surface area contributed by atoms with Crippen LogP contribution in [0.15, 0.2) is 36.4 Å². The summed E-state index contributed by atoms with van der Waals surface area (Å²) < 4.78 is 37.1. The molecule has 27 heavy (non-hydrogen) atoms. The van der Waals surface area contributed by atoms with E-state index >= 15 is 0 Å². The van der Waals surface area contributed by atoms with E-state index in [2.05, 4.69) is 20.8 Å². The van der Waals surface area contributed by atoms with Crippen LogP contribution in [0.25, 0.3) is 0 Å². The fourth-order valence-corrected chi connectivity index (χ4v) is 3.05. The van der Waals surface area contributed by atoms with Crippen molar-refractivity contribution in [2.45, 2.75) is 6.54 Å². The van der Waals surface area contributed by atoms with Crippen molar-refractivity contribution in [3.05, 3.63) is 59.2 Å². The maximum Gasteiger partial charge on any atom is 0.260 e. The molecule has 0 radical (unpaired) electrons. The van der Waals surface area contributed by atoms with Gasteiger partial charge in [0, 0.05) is 12.6 Å². The molecule has 0 saturated carbocycles. The quantitative estimate of drug-likeness (QED) is 0.695. The van der Waals surface area contributed by atoms with E-state index in [0.29, 0.717) is 29.2 Å². The highest BCUT2D eigenvalue weighted by Gasteiger charge is 2.16. The molecule has 2 aromatic carbocycles. The molecule has 2 N–H and O–H groups in total. The number of amides is 1. The van der Waals surface area contributed by atoms with Crippen molar-refractivity contribution >= 4 is 27.5 Å². The van der Waals surface area contributed by atoms with Crippen LogP contribution in [0.4, 0.5) is 19.0 Å². The number of benzene rings is 2. The predicted octanol–water partition coefficient (Wildman–Crippen LogP) is 3.41. The van der Waals surface area contributed by atoms with Gasteiger partial charge in [-0.3, -0.25) is 10.1 Å². The lowest BCUT2D eigenvalue weighted by atomic mass is 10.2. The molecule has 2 heterocycles. The Morgan fingerprint density at radius 2 is 1.89 bits per heavy atom. The zero-order valence-electron chi connectivity index (χ0n) is 13.7. The molecule has 1 aliphatic heterocycles. The Morgan fingerprint density at radius 1 is 1.07 bits per heavy atom. The molecule has 138 valence electrons. The molecule has 0 fully saturated rings. The molecule has 0 aliphatic carbocycles. The van der Waals surface area contributed by atoms with Crippen LogP contribution in [0.1, 0.15) is 15.9 Å². The molecule has 10 heteroatoms. The number of aromatic nitrogens is 2. The van der Waals surface area contributed by atoms with Gasteiger partial charge in [0.15, 0.2) is 11.5 Å². The number of nitrogens with one attached hydrogen (secondary N) is 2. The second kappa shape index (κ2) is 7.16. The second-order valence-corrected chi connectivity index (χ2v) is 6.51. The highest BCUT2D eigenvalue weighted by atomic mass is 32.1. The Morgan fingerprint density at radius 3 is 2.74 bits per heavy atom. The summed E-state index contributed by atoms with van der Waals surface area (Å²) in [6, 6.07) is 8.30. The highest BCUT2D eigenvalue weighted by Crippen LogP contribution is 2.32. The lowest BCUT2D eigenvalue weighted by Gasteiger charge is -2.04. The van der Waals surface area contributed by atoms with Crippen LogP contribution in [0.2, 0.25) is 0 Å². The fraction of sp³-hybridized carbons (Fsp3) is 0.118. The summed E-state index contributed by atoms with van der Waals surface area (Å²) in [7, 11) is 0. The minimum Gasteiger partial charge on any atom is -0.454 e. The minimum absolute atomic E-state index is 0.192. The number of halogens is 2. The topological polar surface area (TPSA) is 85.4 Å². The molecule has 1 amide bonds. The molecule has 0 spiro atoms. The third-order valence-electron chi connectivity index (χ3n) is 3.70. The Hall–Kier alpha value is -3.27. The molecule has 1 aromatic heterocycles. The predicted molar refractivity (Wildman–Crippen MR) is 94.1 cm³/mol. The zero-order chi connectivity index (χ0) is 18.8. The summed E-state index contributed by atoms with van der Waals surface area (Å²) in [6.07, 6.45) is 0. The second-order valence-electron chi connectivity index (χ2n) is 5.53. The van der Waals surface area contributed by atoms with Crippen LogP contribution in [0, 0.1) is 11.6 Å². The lowest BCUT2D eigenvalue weighted by Crippen LogP contribution is -2.13. The van der Waals surface area contributed by atoms with E-state index in [9.17, 15) is 13.6 Å². The van der Waals surface area contributed by atoms with Gasteiger partial charge in [-0.15, -0.1) is 10.2 Å². The van der Waals surface area contributed by atoms with Gasteiger partial charge in [-0.2, -0.15) is 0 Å². The first-order chi connectivity index (χ1) is 13.1. The number of hydrogen-bond acceptors (Lipinski definition) is 7. The van der Waals surface area contributed by atoms with Gasteiger partial charge in [0.05, 0.1) is 5.56 Å². The average molecular weight is 390 g/mol. The number of ether oxygens (including phenoxy) is 2. The normalized spacial score (nSPS) is 12.1. The smallest absolute Gasteiger partial charge is 0.260 e. The Kier molecular flexibility index (Phi) is 4.55. The first-order valence-corrected chi connectivity index (χ1v) is 8.62. The van der Waals surface area contributed by atoms with Crippen molar-refractivity contribution in [3.63, 3.8) is 0 Å². The Labute approximate surface area is 156 Å². The van der Waals surface area contributed by atoms with Crippen LogP contribution >= 0.6 is 11.3 Å². The van der Waals surface area contributed by atoms with Gasteiger partial charge in [0.1, 0.15) is 11.6 Å². The van der Waals surface area contributed by atoms with Crippen molar-refractivity contribution in [1.29, 1.82) is 0 Å². The number of nitrogens with zero attached hydrogens (tertiary/aromatic N) is 2. The largest absolute Gasteiger partial charge is 0.454 e. The van der Waals surface area contributed by atoms with Gasteiger partial charge >= 0.3 is 0 Å². The van der Waals surface area contributed by atoms with Crippen molar-refractivity contribution < 1.29 is 23.0 Å². The Balaban J connectivity index is 1.37. The summed E-state index contributed by atoms with van der Waals surface area (Å²) in [5.74, 6) is -1.05. The van der Waals surface area contributed by atoms with E-state index < -0.39 is 17.5 Å². The Bertz CT molecular complexity index is 1010. The van der Waals surface area contributed by atoms with Crippen LogP contribution in [0.3, 0.4) is 0 Å². The van der Waals surface area contributed by atoms with Gasteiger partial charge < -0.3 is 14.8 Å². The van der Waals surface area contributed by atoms with Gasteiger partial charge in [-0.25, -0.2) is 8.78 Å². The maximum absolute atomic E-state index is 13.6. The minimum atomic E-state index is -0.946. The molecule has 0 bridgehead atoms. The fourth-order valence-electron chi connectivity index (χ4n) is 2.41. The van der Waals surface area contributed by atoms with Crippen molar-refractivity contribution in [2.24, 2.45) is 0 Å². The summed E-state index contributed by atoms with van der Waals surface area (Å²) in [6.45, 7) is 0.673. The van der Waals surface area contributed by atoms with E-state index in [4.69, 9.17) is 9.47 Å². The SMILES string of the molecule is O=C(Nc1nnc(NCc2ccc3c(c2)OCO3)s1)c1ccc(F)cc1F. The molecular weight excluding hydrogens is 378 g/mol. The van der Waals surface area contributed by atoms with Crippen molar-refractivity contribution in [2.75, 3.05) is 17.4 Å². The lowest BCUT2D eigenvalue weighted by molar-refractivity contribution is 0.102. The van der Waals surface area contributed by atoms with Gasteiger partial charge in [0.2, 0.25) is 17.1 Å². The van der Waals surface area contributed by atoms with Crippen molar-refractivity contribution in [1.82, 2.24) is 10.2 Å². The van der Waals surface area contributed by atoms with Crippen LogP contribution in [-0.4, -0.2) is 22.9 Å². The third-order valence-corrected chi connectivity index (χ3v) is 4.50. The van der Waals surface area contributed by atoms with Crippen LogP contribution in [0.5, 0.6) is 11.5 Å². The van der Waals surface area contributed by atoms with Crippen LogP contribution in [-0.2, 0) is 6.54 Å². The monoisotopic (exact) mass is 390 g/mol. The van der Waals surface area contributed by atoms with E-state index in [1.807, 2.05) is 18.2 Å². The molecular formula is C17H12F2N4O3S. The molecule has 4 rings (SSSR count). The molecule has 0 atom stereocenters. The molecule has 3 aromatic rings. The van der Waals surface area contributed by atoms with Crippen LogP contribution < -0.4 is 20.1 Å². The third kappa shape index (κ3) is 3.80. The zero-order valence-corrected chi connectivity index (χ0v) is 14.5. The maximum atomic E-state index is 13.6. The average Bonchev–Trinajstić information content (AvgIpc) is 3.28. The first kappa shape index (κ1) is 17.2. The molecule has 0 saturated heterocycles. The van der Waals surface area contributed by atoms with E-state index in [-0.39, 0.29) is 17.5 Å². The number of anilines is 2. The van der Waals surface area contributed by atoms with Gasteiger partial charge in [-0.05, 0) is 29.8 Å². The number of carbonyl (C=O) groups is 1.